The lowest BCUT2D eigenvalue weighted by Crippen LogP contribution is -2.19. The fraction of sp³-hybridized carbons (Fsp3) is 0.136. The topological polar surface area (TPSA) is 120 Å². The molecule has 0 saturated heterocycles. The molecule has 0 aliphatic heterocycles. The lowest BCUT2D eigenvalue weighted by Gasteiger charge is -2.11. The van der Waals surface area contributed by atoms with E-state index in [1.54, 1.807) is 30.5 Å². The van der Waals surface area contributed by atoms with Gasteiger partial charge in [-0.15, -0.1) is 0 Å². The molecule has 0 fully saturated rings. The molecule has 168 valence electrons. The highest BCUT2D eigenvalue weighted by Crippen LogP contribution is 2.34. The van der Waals surface area contributed by atoms with Gasteiger partial charge in [-0.2, -0.15) is 5.10 Å². The number of hydrogen-bond donors (Lipinski definition) is 2. The van der Waals surface area contributed by atoms with Crippen LogP contribution >= 0.6 is 0 Å². The van der Waals surface area contributed by atoms with Crippen LogP contribution in [0.3, 0.4) is 0 Å². The van der Waals surface area contributed by atoms with Crippen LogP contribution in [0.2, 0.25) is 0 Å². The average molecular weight is 450 g/mol. The molecule has 4 rings (SSSR count). The number of aromatic nitrogens is 4. The molecule has 2 heterocycles. The number of halogens is 1. The number of carbonyl (C=O) groups is 2. The fourth-order valence-corrected chi connectivity index (χ4v) is 3.11. The van der Waals surface area contributed by atoms with Gasteiger partial charge in [0.05, 0.1) is 12.6 Å². The Bertz CT molecular complexity index is 1340. The normalized spacial score (nSPS) is 10.6. The van der Waals surface area contributed by atoms with Gasteiger partial charge in [0.2, 0.25) is 5.91 Å². The van der Waals surface area contributed by atoms with E-state index in [0.29, 0.717) is 34.0 Å². The molecule has 2 aromatic carbocycles. The summed E-state index contributed by atoms with van der Waals surface area (Å²) in [7, 11) is 1.46. The number of ether oxygens (including phenoxy) is 2. The molecular formula is C22H19FN6O4. The van der Waals surface area contributed by atoms with Gasteiger partial charge in [-0.25, -0.2) is 14.4 Å². The van der Waals surface area contributed by atoms with Crippen LogP contribution in [0.15, 0.2) is 55.0 Å². The molecule has 33 heavy (non-hydrogen) atoms. The second kappa shape index (κ2) is 9.30. The maximum Gasteiger partial charge on any atom is 0.308 e. The maximum absolute atomic E-state index is 13.3. The van der Waals surface area contributed by atoms with E-state index in [1.165, 1.54) is 43.2 Å². The van der Waals surface area contributed by atoms with Gasteiger partial charge >= 0.3 is 5.97 Å². The number of esters is 1. The quantitative estimate of drug-likeness (QED) is 0.325. The first-order chi connectivity index (χ1) is 15.9. The minimum atomic E-state index is -0.480. The minimum Gasteiger partial charge on any atom is -0.493 e. The number of rotatable bonds is 7. The van der Waals surface area contributed by atoms with E-state index in [0.717, 1.165) is 0 Å². The third kappa shape index (κ3) is 5.21. The summed E-state index contributed by atoms with van der Waals surface area (Å²) in [6.07, 6.45) is 2.98. The molecule has 10 nitrogen and oxygen atoms in total. The van der Waals surface area contributed by atoms with Gasteiger partial charge in [0.15, 0.2) is 17.3 Å². The van der Waals surface area contributed by atoms with Crippen LogP contribution in [0.5, 0.6) is 11.5 Å². The van der Waals surface area contributed by atoms with Crippen LogP contribution in [-0.2, 0) is 16.1 Å². The Morgan fingerprint density at radius 1 is 1.12 bits per heavy atom. The predicted molar refractivity (Wildman–Crippen MR) is 118 cm³/mol. The van der Waals surface area contributed by atoms with Crippen LogP contribution in [-0.4, -0.2) is 38.7 Å². The van der Waals surface area contributed by atoms with Crippen molar-refractivity contribution in [2.24, 2.45) is 0 Å². The summed E-state index contributed by atoms with van der Waals surface area (Å²) in [6, 6.07) is 10.5. The van der Waals surface area contributed by atoms with Crippen molar-refractivity contribution in [2.45, 2.75) is 13.5 Å². The highest BCUT2D eigenvalue weighted by Gasteiger charge is 2.14. The third-order valence-corrected chi connectivity index (χ3v) is 4.48. The summed E-state index contributed by atoms with van der Waals surface area (Å²) >= 11 is 0. The number of nitrogens with zero attached hydrogens (tertiary/aromatic N) is 4. The molecule has 11 heteroatoms. The van der Waals surface area contributed by atoms with Crippen LogP contribution in [0.1, 0.15) is 6.92 Å². The van der Waals surface area contributed by atoms with Gasteiger partial charge in [0.1, 0.15) is 24.5 Å². The number of benzene rings is 2. The van der Waals surface area contributed by atoms with Crippen LogP contribution in [0, 0.1) is 5.82 Å². The molecule has 2 N–H and O–H groups in total. The number of nitrogens with one attached hydrogen (secondary N) is 2. The average Bonchev–Trinajstić information content (AvgIpc) is 3.19. The van der Waals surface area contributed by atoms with Crippen molar-refractivity contribution in [1.29, 1.82) is 0 Å². The molecular weight excluding hydrogens is 431 g/mol. The molecule has 0 saturated carbocycles. The Hall–Kier alpha value is -4.54. The highest BCUT2D eigenvalue weighted by atomic mass is 19.1. The summed E-state index contributed by atoms with van der Waals surface area (Å²) in [5.74, 6) is 0.203. The van der Waals surface area contributed by atoms with E-state index in [2.05, 4.69) is 25.7 Å². The molecule has 0 aliphatic rings. The van der Waals surface area contributed by atoms with Gasteiger partial charge in [-0.3, -0.25) is 14.3 Å². The second-order valence-corrected chi connectivity index (χ2v) is 6.92. The van der Waals surface area contributed by atoms with Crippen molar-refractivity contribution < 1.29 is 23.5 Å². The SMILES string of the molecule is COc1cc2c(Nc3ccn(CC(=O)Nc4cccc(F)c4)n3)ncnc2cc1OC(C)=O. The highest BCUT2D eigenvalue weighted by molar-refractivity contribution is 5.93. The van der Waals surface area contributed by atoms with Crippen molar-refractivity contribution in [2.75, 3.05) is 17.7 Å². The van der Waals surface area contributed by atoms with Crippen molar-refractivity contribution in [3.63, 3.8) is 0 Å². The van der Waals surface area contributed by atoms with Gasteiger partial charge in [0.25, 0.3) is 0 Å². The summed E-state index contributed by atoms with van der Waals surface area (Å²) in [6.45, 7) is 1.23. The number of fused-ring (bicyclic) bond motifs is 1. The molecule has 0 atom stereocenters. The summed E-state index contributed by atoms with van der Waals surface area (Å²) < 4.78 is 25.2. The first-order valence-electron chi connectivity index (χ1n) is 9.78. The molecule has 0 aliphatic carbocycles. The number of amides is 1. The lowest BCUT2D eigenvalue weighted by atomic mass is 10.2. The van der Waals surface area contributed by atoms with Gasteiger partial charge < -0.3 is 20.1 Å². The molecule has 0 bridgehead atoms. The predicted octanol–water partition coefficient (Wildman–Crippen LogP) is 3.28. The van der Waals surface area contributed by atoms with E-state index < -0.39 is 11.8 Å². The third-order valence-electron chi connectivity index (χ3n) is 4.48. The Balaban J connectivity index is 1.51. The lowest BCUT2D eigenvalue weighted by molar-refractivity contribution is -0.132. The first-order valence-corrected chi connectivity index (χ1v) is 9.78. The fourth-order valence-electron chi connectivity index (χ4n) is 3.11. The Labute approximate surface area is 187 Å². The minimum absolute atomic E-state index is 0.0672. The van der Waals surface area contributed by atoms with E-state index in [4.69, 9.17) is 9.47 Å². The van der Waals surface area contributed by atoms with Gasteiger partial charge in [-0.05, 0) is 24.3 Å². The standard InChI is InChI=1S/C22H19FN6O4/c1-13(30)33-19-10-17-16(9-18(19)32-2)22(25-12-24-17)27-20-6-7-29(28-20)11-21(31)26-15-5-3-4-14(23)8-15/h3-10,12H,11H2,1-2H3,(H,26,31)(H,24,25,27,28). The number of carbonyl (C=O) groups excluding carboxylic acids is 2. The Morgan fingerprint density at radius 2 is 1.97 bits per heavy atom. The molecule has 4 aromatic rings. The van der Waals surface area contributed by atoms with Crippen molar-refractivity contribution >= 4 is 40.1 Å². The van der Waals surface area contributed by atoms with Crippen molar-refractivity contribution in [3.8, 4) is 11.5 Å². The zero-order valence-electron chi connectivity index (χ0n) is 17.7. The summed E-state index contributed by atoms with van der Waals surface area (Å²) in [5.41, 5.74) is 0.887. The van der Waals surface area contributed by atoms with Gasteiger partial charge in [0, 0.05) is 36.3 Å². The Morgan fingerprint density at radius 3 is 2.73 bits per heavy atom. The molecule has 2 aromatic heterocycles. The first kappa shape index (κ1) is 21.7. The monoisotopic (exact) mass is 450 g/mol. The number of anilines is 3. The molecule has 0 spiro atoms. The van der Waals surface area contributed by atoms with Gasteiger partial charge in [-0.1, -0.05) is 6.07 Å². The largest absolute Gasteiger partial charge is 0.493 e. The number of methoxy groups -OCH3 is 1. The summed E-state index contributed by atoms with van der Waals surface area (Å²) in [4.78, 5) is 32.0. The molecule has 1 amide bonds. The molecule has 0 radical (unpaired) electrons. The van der Waals surface area contributed by atoms with Crippen molar-refractivity contribution in [1.82, 2.24) is 19.7 Å². The van der Waals surface area contributed by atoms with E-state index in [1.807, 2.05) is 0 Å². The summed E-state index contributed by atoms with van der Waals surface area (Å²) in [5, 5.41) is 10.6. The van der Waals surface area contributed by atoms with Crippen LogP contribution < -0.4 is 20.1 Å². The molecule has 0 unspecified atom stereocenters. The Kier molecular flexibility index (Phi) is 6.11. The smallest absolute Gasteiger partial charge is 0.308 e. The van der Waals surface area contributed by atoms with E-state index >= 15 is 0 Å². The zero-order chi connectivity index (χ0) is 23.4. The zero-order valence-corrected chi connectivity index (χ0v) is 17.7. The van der Waals surface area contributed by atoms with Crippen molar-refractivity contribution in [3.05, 3.63) is 60.8 Å². The van der Waals surface area contributed by atoms with E-state index in [-0.39, 0.29) is 18.2 Å². The van der Waals surface area contributed by atoms with Crippen LogP contribution in [0.25, 0.3) is 10.9 Å². The van der Waals surface area contributed by atoms with E-state index in [9.17, 15) is 14.0 Å². The maximum atomic E-state index is 13.3. The second-order valence-electron chi connectivity index (χ2n) is 6.92. The number of hydrogen-bond acceptors (Lipinski definition) is 8. The van der Waals surface area contributed by atoms with Crippen LogP contribution in [0.4, 0.5) is 21.7 Å².